The van der Waals surface area contributed by atoms with Crippen molar-refractivity contribution >= 4 is 23.7 Å². The molecule has 1 heterocycles. The highest BCUT2D eigenvalue weighted by molar-refractivity contribution is 5.94. The number of H-pyrrole nitrogens is 1. The van der Waals surface area contributed by atoms with E-state index in [1.165, 1.54) is 6.33 Å². The third kappa shape index (κ3) is 9.12. The van der Waals surface area contributed by atoms with Crippen LogP contribution in [-0.2, 0) is 25.6 Å². The molecule has 0 fully saturated rings. The van der Waals surface area contributed by atoms with Crippen molar-refractivity contribution in [2.24, 2.45) is 23.5 Å². The van der Waals surface area contributed by atoms with Crippen molar-refractivity contribution in [1.82, 2.24) is 25.9 Å². The predicted molar refractivity (Wildman–Crippen MR) is 127 cm³/mol. The molecule has 0 saturated carbocycles. The summed E-state index contributed by atoms with van der Waals surface area (Å²) < 4.78 is 0. The Hall–Kier alpha value is -2.95. The van der Waals surface area contributed by atoms with Crippen molar-refractivity contribution in [2.75, 3.05) is 0 Å². The number of aromatic nitrogens is 2. The third-order valence-corrected chi connectivity index (χ3v) is 5.70. The maximum atomic E-state index is 13.1. The average molecular weight is 481 g/mol. The normalized spacial score (nSPS) is 15.8. The molecule has 0 aromatic carbocycles. The first-order valence-electron chi connectivity index (χ1n) is 11.7. The molecular weight excluding hydrogens is 440 g/mol. The summed E-state index contributed by atoms with van der Waals surface area (Å²) >= 11 is 0. The lowest BCUT2D eigenvalue weighted by atomic mass is 9.97. The molecule has 34 heavy (non-hydrogen) atoms. The van der Waals surface area contributed by atoms with Crippen LogP contribution in [0, 0.1) is 17.8 Å². The van der Waals surface area contributed by atoms with Gasteiger partial charge < -0.3 is 31.8 Å². The highest BCUT2D eigenvalue weighted by Gasteiger charge is 2.33. The standard InChI is InChI=1S/C23H40N6O5/c1-7-14(6)19(23(33)34)29-21(31)17(8-12(2)3)27-22(32)18(13(4)5)28-20(30)16(24)9-15-10-25-11-26-15/h10-14,16-19H,7-9,24H2,1-6H3,(H,25,26)(H,27,32)(H,28,30)(H,29,31)(H,33,34). The summed E-state index contributed by atoms with van der Waals surface area (Å²) in [7, 11) is 0. The molecule has 5 atom stereocenters. The van der Waals surface area contributed by atoms with Crippen LogP contribution in [0.3, 0.4) is 0 Å². The van der Waals surface area contributed by atoms with E-state index in [0.29, 0.717) is 18.5 Å². The van der Waals surface area contributed by atoms with Gasteiger partial charge in [-0.1, -0.05) is 48.0 Å². The molecule has 0 aliphatic heterocycles. The maximum Gasteiger partial charge on any atom is 0.326 e. The molecule has 7 N–H and O–H groups in total. The van der Waals surface area contributed by atoms with Gasteiger partial charge in [-0.2, -0.15) is 0 Å². The van der Waals surface area contributed by atoms with Crippen LogP contribution in [0.1, 0.15) is 60.1 Å². The Balaban J connectivity index is 2.92. The second kappa shape index (κ2) is 13.7. The van der Waals surface area contributed by atoms with Gasteiger partial charge >= 0.3 is 5.97 Å². The molecular formula is C23H40N6O5. The lowest BCUT2D eigenvalue weighted by molar-refractivity contribution is -0.144. The van der Waals surface area contributed by atoms with Gasteiger partial charge in [0.25, 0.3) is 0 Å². The molecule has 1 rings (SSSR count). The first kappa shape index (κ1) is 29.1. The quantitative estimate of drug-likeness (QED) is 0.225. The number of carbonyl (C=O) groups excluding carboxylic acids is 3. The summed E-state index contributed by atoms with van der Waals surface area (Å²) in [4.78, 5) is 57.0. The number of carboxylic acid groups (broad SMARTS) is 1. The van der Waals surface area contributed by atoms with Gasteiger partial charge in [0, 0.05) is 18.3 Å². The fraction of sp³-hybridized carbons (Fsp3) is 0.696. The van der Waals surface area contributed by atoms with E-state index in [2.05, 4.69) is 25.9 Å². The predicted octanol–water partition coefficient (Wildman–Crippen LogP) is 0.567. The van der Waals surface area contributed by atoms with Crippen LogP contribution in [0.2, 0.25) is 0 Å². The monoisotopic (exact) mass is 480 g/mol. The average Bonchev–Trinajstić information content (AvgIpc) is 3.26. The maximum absolute atomic E-state index is 13.1. The minimum Gasteiger partial charge on any atom is -0.480 e. The molecule has 0 bridgehead atoms. The Morgan fingerprint density at radius 3 is 2.09 bits per heavy atom. The lowest BCUT2D eigenvalue weighted by Crippen LogP contribution is -2.59. The number of rotatable bonds is 14. The number of carbonyl (C=O) groups is 4. The second-order valence-corrected chi connectivity index (χ2v) is 9.52. The first-order valence-corrected chi connectivity index (χ1v) is 11.7. The lowest BCUT2D eigenvalue weighted by Gasteiger charge is -2.28. The minimum absolute atomic E-state index is 0.0536. The molecule has 0 saturated heterocycles. The number of aliphatic carboxylic acids is 1. The van der Waals surface area contributed by atoms with Crippen molar-refractivity contribution in [2.45, 2.75) is 85.0 Å². The number of nitrogens with two attached hydrogens (primary N) is 1. The van der Waals surface area contributed by atoms with E-state index < -0.39 is 47.9 Å². The van der Waals surface area contributed by atoms with E-state index in [1.807, 2.05) is 20.8 Å². The number of amides is 3. The summed E-state index contributed by atoms with van der Waals surface area (Å²) in [6.07, 6.45) is 4.16. The number of nitrogens with zero attached hydrogens (tertiary/aromatic N) is 1. The molecule has 192 valence electrons. The zero-order valence-corrected chi connectivity index (χ0v) is 20.9. The van der Waals surface area contributed by atoms with E-state index in [-0.39, 0.29) is 24.2 Å². The van der Waals surface area contributed by atoms with Crippen molar-refractivity contribution in [3.8, 4) is 0 Å². The summed E-state index contributed by atoms with van der Waals surface area (Å²) in [5.74, 6) is -3.24. The number of imidazole rings is 1. The molecule has 3 amide bonds. The summed E-state index contributed by atoms with van der Waals surface area (Å²) in [5, 5.41) is 17.4. The van der Waals surface area contributed by atoms with E-state index in [0.717, 1.165) is 0 Å². The molecule has 1 aromatic rings. The number of carboxylic acids is 1. The van der Waals surface area contributed by atoms with Gasteiger partial charge in [-0.3, -0.25) is 14.4 Å². The zero-order chi connectivity index (χ0) is 26.0. The molecule has 11 heteroatoms. The van der Waals surface area contributed by atoms with Gasteiger partial charge in [0.15, 0.2) is 0 Å². The van der Waals surface area contributed by atoms with Crippen molar-refractivity contribution in [3.05, 3.63) is 18.2 Å². The smallest absolute Gasteiger partial charge is 0.326 e. The van der Waals surface area contributed by atoms with E-state index >= 15 is 0 Å². The first-order chi connectivity index (χ1) is 15.9. The van der Waals surface area contributed by atoms with E-state index in [1.54, 1.807) is 27.0 Å². The van der Waals surface area contributed by atoms with E-state index in [4.69, 9.17) is 5.73 Å². The molecule has 1 aromatic heterocycles. The zero-order valence-electron chi connectivity index (χ0n) is 20.9. The van der Waals surface area contributed by atoms with Gasteiger partial charge in [-0.25, -0.2) is 9.78 Å². The van der Waals surface area contributed by atoms with E-state index in [9.17, 15) is 24.3 Å². The van der Waals surface area contributed by atoms with Gasteiger partial charge in [-0.15, -0.1) is 0 Å². The highest BCUT2D eigenvalue weighted by Crippen LogP contribution is 2.12. The van der Waals surface area contributed by atoms with Gasteiger partial charge in [-0.05, 0) is 24.2 Å². The molecule has 0 spiro atoms. The largest absolute Gasteiger partial charge is 0.480 e. The SMILES string of the molecule is CCC(C)C(NC(=O)C(CC(C)C)NC(=O)C(NC(=O)C(N)Cc1cnc[nH]1)C(C)C)C(=O)O. The van der Waals surface area contributed by atoms with Gasteiger partial charge in [0.1, 0.15) is 18.1 Å². The summed E-state index contributed by atoms with van der Waals surface area (Å²) in [5.41, 5.74) is 6.68. The number of hydrogen-bond acceptors (Lipinski definition) is 6. The Bertz CT molecular complexity index is 811. The van der Waals surface area contributed by atoms with Crippen molar-refractivity contribution in [1.29, 1.82) is 0 Å². The van der Waals surface area contributed by atoms with Crippen LogP contribution in [0.4, 0.5) is 0 Å². The van der Waals surface area contributed by atoms with Crippen LogP contribution in [-0.4, -0.2) is 62.9 Å². The third-order valence-electron chi connectivity index (χ3n) is 5.70. The highest BCUT2D eigenvalue weighted by atomic mass is 16.4. The molecule has 0 aliphatic rings. The molecule has 0 aliphatic carbocycles. The number of nitrogens with one attached hydrogen (secondary N) is 4. The van der Waals surface area contributed by atoms with Crippen molar-refractivity contribution in [3.63, 3.8) is 0 Å². The minimum atomic E-state index is -1.13. The Kier molecular flexibility index (Phi) is 11.7. The van der Waals surface area contributed by atoms with Crippen molar-refractivity contribution < 1.29 is 24.3 Å². The molecule has 11 nitrogen and oxygen atoms in total. The fourth-order valence-electron chi connectivity index (χ4n) is 3.42. The summed E-state index contributed by atoms with van der Waals surface area (Å²) in [6.45, 7) is 10.9. The Labute approximate surface area is 201 Å². The number of aromatic amines is 1. The second-order valence-electron chi connectivity index (χ2n) is 9.52. The summed E-state index contributed by atoms with van der Waals surface area (Å²) in [6, 6.07) is -3.83. The Morgan fingerprint density at radius 2 is 1.62 bits per heavy atom. The number of hydrogen-bond donors (Lipinski definition) is 6. The fourth-order valence-corrected chi connectivity index (χ4v) is 3.42. The van der Waals surface area contributed by atoms with Gasteiger partial charge in [0.05, 0.1) is 12.4 Å². The molecule has 5 unspecified atom stereocenters. The Morgan fingerprint density at radius 1 is 1.00 bits per heavy atom. The van der Waals surface area contributed by atoms with Gasteiger partial charge in [0.2, 0.25) is 17.7 Å². The van der Waals surface area contributed by atoms with Crippen LogP contribution in [0.15, 0.2) is 12.5 Å². The van der Waals surface area contributed by atoms with Crippen LogP contribution in [0.5, 0.6) is 0 Å². The molecule has 0 radical (unpaired) electrons. The van der Waals surface area contributed by atoms with Crippen LogP contribution >= 0.6 is 0 Å². The van der Waals surface area contributed by atoms with Crippen LogP contribution < -0.4 is 21.7 Å². The van der Waals surface area contributed by atoms with Crippen LogP contribution in [0.25, 0.3) is 0 Å². The topological polar surface area (TPSA) is 179 Å².